The number of carbonyl (C=O) groups excluding carboxylic acids is 2. The summed E-state index contributed by atoms with van der Waals surface area (Å²) in [5, 5.41) is 2.83. The summed E-state index contributed by atoms with van der Waals surface area (Å²) in [5.74, 6) is -0.316. The number of amides is 2. The van der Waals surface area contributed by atoms with Crippen molar-refractivity contribution in [2.24, 2.45) is 0 Å². The molecule has 0 aromatic carbocycles. The van der Waals surface area contributed by atoms with Crippen LogP contribution in [0.2, 0.25) is 0 Å². The van der Waals surface area contributed by atoms with Gasteiger partial charge >= 0.3 is 12.0 Å². The lowest BCUT2D eigenvalue weighted by molar-refractivity contribution is -0.140. The van der Waals surface area contributed by atoms with Crippen molar-refractivity contribution < 1.29 is 14.3 Å². The van der Waals surface area contributed by atoms with E-state index in [0.29, 0.717) is 13.1 Å². The Morgan fingerprint density at radius 1 is 1.61 bits per heavy atom. The summed E-state index contributed by atoms with van der Waals surface area (Å²) < 4.78 is 4.55. The topological polar surface area (TPSA) is 71.5 Å². The predicted octanol–water partition coefficient (Wildman–Crippen LogP) is 0.711. The minimum atomic E-state index is -0.316. The SMILES string of the molecule is COC(=O)CCN1CC(c2ccccn2)NC1=O. The maximum atomic E-state index is 11.7. The zero-order valence-electron chi connectivity index (χ0n) is 10.1. The van der Waals surface area contributed by atoms with E-state index in [0.717, 1.165) is 5.69 Å². The molecule has 1 aliphatic heterocycles. The molecule has 1 saturated heterocycles. The number of nitrogens with one attached hydrogen (secondary N) is 1. The zero-order chi connectivity index (χ0) is 13.0. The Balaban J connectivity index is 1.93. The van der Waals surface area contributed by atoms with Crippen molar-refractivity contribution in [3.8, 4) is 0 Å². The fourth-order valence-corrected chi connectivity index (χ4v) is 1.86. The number of methoxy groups -OCH3 is 1. The summed E-state index contributed by atoms with van der Waals surface area (Å²) in [6, 6.07) is 5.29. The third-order valence-corrected chi connectivity index (χ3v) is 2.85. The Morgan fingerprint density at radius 2 is 2.44 bits per heavy atom. The number of hydrogen-bond acceptors (Lipinski definition) is 4. The summed E-state index contributed by atoms with van der Waals surface area (Å²) in [6.45, 7) is 0.884. The molecule has 6 heteroatoms. The number of aromatic nitrogens is 1. The molecule has 1 aliphatic rings. The molecular formula is C12H15N3O3. The standard InChI is InChI=1S/C12H15N3O3/c1-18-11(16)5-7-15-8-10(14-12(15)17)9-4-2-3-6-13-9/h2-4,6,10H,5,7-8H2,1H3,(H,14,17). The fourth-order valence-electron chi connectivity index (χ4n) is 1.86. The molecule has 96 valence electrons. The highest BCUT2D eigenvalue weighted by Gasteiger charge is 2.30. The van der Waals surface area contributed by atoms with Crippen molar-refractivity contribution in [3.05, 3.63) is 30.1 Å². The van der Waals surface area contributed by atoms with Gasteiger partial charge in [-0.3, -0.25) is 9.78 Å². The quantitative estimate of drug-likeness (QED) is 0.798. The second kappa shape index (κ2) is 5.48. The van der Waals surface area contributed by atoms with Gasteiger partial charge in [0, 0.05) is 19.3 Å². The minimum Gasteiger partial charge on any atom is -0.469 e. The van der Waals surface area contributed by atoms with Crippen LogP contribution in [0, 0.1) is 0 Å². The maximum absolute atomic E-state index is 11.7. The van der Waals surface area contributed by atoms with E-state index in [1.807, 2.05) is 18.2 Å². The van der Waals surface area contributed by atoms with Gasteiger partial charge in [0.05, 0.1) is 25.3 Å². The molecule has 1 fully saturated rings. The van der Waals surface area contributed by atoms with Gasteiger partial charge in [-0.05, 0) is 12.1 Å². The van der Waals surface area contributed by atoms with Crippen LogP contribution in [-0.4, -0.2) is 42.1 Å². The van der Waals surface area contributed by atoms with Crippen LogP contribution in [0.3, 0.4) is 0 Å². The van der Waals surface area contributed by atoms with Gasteiger partial charge in [0.2, 0.25) is 0 Å². The normalized spacial score (nSPS) is 18.6. The lowest BCUT2D eigenvalue weighted by atomic mass is 10.2. The van der Waals surface area contributed by atoms with Gasteiger partial charge in [0.1, 0.15) is 0 Å². The van der Waals surface area contributed by atoms with Gasteiger partial charge in [-0.25, -0.2) is 4.79 Å². The number of pyridine rings is 1. The lowest BCUT2D eigenvalue weighted by Gasteiger charge is -2.13. The molecule has 2 amide bonds. The smallest absolute Gasteiger partial charge is 0.318 e. The van der Waals surface area contributed by atoms with E-state index in [-0.39, 0.29) is 24.5 Å². The second-order valence-electron chi connectivity index (χ2n) is 4.03. The summed E-state index contributed by atoms with van der Waals surface area (Å²) in [6.07, 6.45) is 1.90. The molecule has 0 radical (unpaired) electrons. The number of ether oxygens (including phenoxy) is 1. The average Bonchev–Trinajstić information content (AvgIpc) is 2.78. The first-order chi connectivity index (χ1) is 8.70. The number of nitrogens with zero attached hydrogens (tertiary/aromatic N) is 2. The number of hydrogen-bond donors (Lipinski definition) is 1. The maximum Gasteiger partial charge on any atom is 0.318 e. The molecule has 1 unspecified atom stereocenters. The van der Waals surface area contributed by atoms with Crippen molar-refractivity contribution in [2.45, 2.75) is 12.5 Å². The van der Waals surface area contributed by atoms with E-state index in [2.05, 4.69) is 15.0 Å². The van der Waals surface area contributed by atoms with Crippen molar-refractivity contribution >= 4 is 12.0 Å². The average molecular weight is 249 g/mol. The Kier molecular flexibility index (Phi) is 3.76. The van der Waals surface area contributed by atoms with E-state index in [9.17, 15) is 9.59 Å². The Hall–Kier alpha value is -2.11. The Labute approximate surface area is 105 Å². The molecule has 18 heavy (non-hydrogen) atoms. The second-order valence-corrected chi connectivity index (χ2v) is 4.03. The van der Waals surface area contributed by atoms with Crippen molar-refractivity contribution in [2.75, 3.05) is 20.2 Å². The summed E-state index contributed by atoms with van der Waals surface area (Å²) >= 11 is 0. The molecule has 2 heterocycles. The van der Waals surface area contributed by atoms with Gasteiger partial charge < -0.3 is 15.0 Å². The fraction of sp³-hybridized carbons (Fsp3) is 0.417. The van der Waals surface area contributed by atoms with Crippen LogP contribution < -0.4 is 5.32 Å². The van der Waals surface area contributed by atoms with Crippen LogP contribution in [0.4, 0.5) is 4.79 Å². The molecule has 6 nitrogen and oxygen atoms in total. The van der Waals surface area contributed by atoms with Crippen LogP contribution in [0.5, 0.6) is 0 Å². The highest BCUT2D eigenvalue weighted by Crippen LogP contribution is 2.18. The predicted molar refractivity (Wildman–Crippen MR) is 63.7 cm³/mol. The first kappa shape index (κ1) is 12.3. The molecule has 0 aliphatic carbocycles. The summed E-state index contributed by atoms with van der Waals surface area (Å²) in [7, 11) is 1.34. The number of carbonyl (C=O) groups is 2. The molecule has 0 spiro atoms. The minimum absolute atomic E-state index is 0.114. The Morgan fingerprint density at radius 3 is 3.11 bits per heavy atom. The van der Waals surface area contributed by atoms with Crippen LogP contribution in [0.1, 0.15) is 18.2 Å². The van der Waals surface area contributed by atoms with Crippen molar-refractivity contribution in [1.82, 2.24) is 15.2 Å². The van der Waals surface area contributed by atoms with Gasteiger partial charge in [0.15, 0.2) is 0 Å². The summed E-state index contributed by atoms with van der Waals surface area (Å²) in [5.41, 5.74) is 0.825. The monoisotopic (exact) mass is 249 g/mol. The molecule has 1 aromatic heterocycles. The van der Waals surface area contributed by atoms with Crippen molar-refractivity contribution in [1.29, 1.82) is 0 Å². The highest BCUT2D eigenvalue weighted by atomic mass is 16.5. The highest BCUT2D eigenvalue weighted by molar-refractivity contribution is 5.78. The van der Waals surface area contributed by atoms with Gasteiger partial charge in [-0.15, -0.1) is 0 Å². The molecular weight excluding hydrogens is 234 g/mol. The Bertz CT molecular complexity index is 435. The molecule has 1 N–H and O–H groups in total. The van der Waals surface area contributed by atoms with E-state index in [1.54, 1.807) is 11.1 Å². The van der Waals surface area contributed by atoms with E-state index < -0.39 is 0 Å². The van der Waals surface area contributed by atoms with Crippen molar-refractivity contribution in [3.63, 3.8) is 0 Å². The molecule has 1 aromatic rings. The largest absolute Gasteiger partial charge is 0.469 e. The van der Waals surface area contributed by atoms with Crippen LogP contribution in [0.25, 0.3) is 0 Å². The molecule has 0 saturated carbocycles. The number of rotatable bonds is 4. The number of esters is 1. The van der Waals surface area contributed by atoms with Gasteiger partial charge in [-0.2, -0.15) is 0 Å². The van der Waals surface area contributed by atoms with E-state index in [4.69, 9.17) is 0 Å². The van der Waals surface area contributed by atoms with E-state index >= 15 is 0 Å². The van der Waals surface area contributed by atoms with E-state index in [1.165, 1.54) is 7.11 Å². The van der Waals surface area contributed by atoms with Crippen LogP contribution >= 0.6 is 0 Å². The van der Waals surface area contributed by atoms with Crippen LogP contribution in [-0.2, 0) is 9.53 Å². The first-order valence-corrected chi connectivity index (χ1v) is 5.74. The van der Waals surface area contributed by atoms with Crippen LogP contribution in [0.15, 0.2) is 24.4 Å². The third kappa shape index (κ3) is 2.77. The lowest BCUT2D eigenvalue weighted by Crippen LogP contribution is -2.30. The third-order valence-electron chi connectivity index (χ3n) is 2.85. The molecule has 0 bridgehead atoms. The first-order valence-electron chi connectivity index (χ1n) is 5.74. The number of urea groups is 1. The van der Waals surface area contributed by atoms with Gasteiger partial charge in [-0.1, -0.05) is 6.07 Å². The molecule has 2 rings (SSSR count). The summed E-state index contributed by atoms with van der Waals surface area (Å²) in [4.78, 5) is 28.5. The molecule has 1 atom stereocenters. The zero-order valence-corrected chi connectivity index (χ0v) is 10.1. The van der Waals surface area contributed by atoms with Gasteiger partial charge in [0.25, 0.3) is 0 Å².